The number of esters is 2. The Balaban J connectivity index is 3.00. The minimum Gasteiger partial charge on any atom is -0.460 e. The topological polar surface area (TPSA) is 78.9 Å². The maximum absolute atomic E-state index is 12.5. The van der Waals surface area contributed by atoms with E-state index < -0.39 is 37.9 Å². The summed E-state index contributed by atoms with van der Waals surface area (Å²) >= 11 is 6.48. The van der Waals surface area contributed by atoms with Gasteiger partial charge in [-0.25, -0.2) is 0 Å². The molecule has 0 radical (unpaired) electrons. The van der Waals surface area contributed by atoms with Crippen molar-refractivity contribution in [3.05, 3.63) is 21.1 Å². The number of ether oxygens (including phenoxy) is 2. The number of carbonyl (C=O) groups excluding carboxylic acids is 3. The molecule has 1 rings (SSSR count). The van der Waals surface area contributed by atoms with E-state index in [0.717, 1.165) is 0 Å². The second kappa shape index (κ2) is 9.79. The fourth-order valence-electron chi connectivity index (χ4n) is 2.40. The van der Waals surface area contributed by atoms with Gasteiger partial charge in [0.25, 0.3) is 0 Å². The van der Waals surface area contributed by atoms with E-state index in [1.807, 2.05) is 0 Å². The van der Waals surface area contributed by atoms with Crippen LogP contribution in [0.15, 0.2) is 21.1 Å². The highest BCUT2D eigenvalue weighted by atomic mass is 79.9. The van der Waals surface area contributed by atoms with Gasteiger partial charge in [0.2, 0.25) is 5.78 Å². The Morgan fingerprint density at radius 2 is 1.50 bits per heavy atom. The molecule has 1 aliphatic rings. The number of ketones is 1. The Morgan fingerprint density at radius 3 is 1.93 bits per heavy atom. The van der Waals surface area contributed by atoms with Gasteiger partial charge in [-0.2, -0.15) is 0 Å². The number of allylic oxidation sites excluding steroid dienone is 2. The van der Waals surface area contributed by atoms with Gasteiger partial charge < -0.3 is 13.9 Å². The standard InChI is InChI=1S/C21H32Br2O6Si/c1-19(2,3)28-16(24)11-17(25)29-21(12-14(22)18(26)15(23)13-21)9-10-27-30(7,8)20(4,5)6/h12-13H,9-11H2,1-8H3. The molecule has 30 heavy (non-hydrogen) atoms. The van der Waals surface area contributed by atoms with Crippen molar-refractivity contribution < 1.29 is 28.3 Å². The Bertz CT molecular complexity index is 734. The van der Waals surface area contributed by atoms with Crippen molar-refractivity contribution in [1.29, 1.82) is 0 Å². The normalized spacial score (nSPS) is 17.2. The first-order chi connectivity index (χ1) is 13.4. The van der Waals surface area contributed by atoms with Crippen LogP contribution in [0.1, 0.15) is 54.4 Å². The van der Waals surface area contributed by atoms with Crippen LogP contribution in [0.25, 0.3) is 0 Å². The van der Waals surface area contributed by atoms with Crippen LogP contribution in [-0.4, -0.2) is 43.8 Å². The molecule has 0 N–H and O–H groups in total. The van der Waals surface area contributed by atoms with Crippen LogP contribution in [0, 0.1) is 0 Å². The SMILES string of the molecule is CC(C)(C)OC(=O)CC(=O)OC1(CCO[Si](C)(C)C(C)(C)C)C=C(Br)C(=O)C(Br)=C1. The molecular weight excluding hydrogens is 536 g/mol. The molecule has 9 heteroatoms. The van der Waals surface area contributed by atoms with Crippen molar-refractivity contribution >= 4 is 57.9 Å². The minimum atomic E-state index is -2.01. The van der Waals surface area contributed by atoms with Gasteiger partial charge in [-0.15, -0.1) is 0 Å². The largest absolute Gasteiger partial charge is 0.460 e. The molecule has 0 saturated heterocycles. The van der Waals surface area contributed by atoms with Crippen molar-refractivity contribution in [3.8, 4) is 0 Å². The van der Waals surface area contributed by atoms with Crippen molar-refractivity contribution in [2.45, 2.75) is 83.7 Å². The van der Waals surface area contributed by atoms with E-state index in [9.17, 15) is 14.4 Å². The van der Waals surface area contributed by atoms with Gasteiger partial charge in [-0.3, -0.25) is 14.4 Å². The molecule has 6 nitrogen and oxygen atoms in total. The Kier molecular flexibility index (Phi) is 8.90. The van der Waals surface area contributed by atoms with E-state index in [0.29, 0.717) is 13.0 Å². The maximum Gasteiger partial charge on any atom is 0.318 e. The first kappa shape index (κ1) is 27.3. The van der Waals surface area contributed by atoms with Crippen LogP contribution in [0.4, 0.5) is 0 Å². The summed E-state index contributed by atoms with van der Waals surface area (Å²) in [5.41, 5.74) is -1.91. The Labute approximate surface area is 197 Å². The minimum absolute atomic E-state index is 0.0307. The summed E-state index contributed by atoms with van der Waals surface area (Å²) in [6.07, 6.45) is 2.87. The lowest BCUT2D eigenvalue weighted by atomic mass is 9.94. The molecule has 0 aliphatic heterocycles. The molecule has 0 bridgehead atoms. The third-order valence-corrected chi connectivity index (χ3v) is 10.7. The monoisotopic (exact) mass is 566 g/mol. The van der Waals surface area contributed by atoms with Gasteiger partial charge in [0.1, 0.15) is 12.0 Å². The average Bonchev–Trinajstić information content (AvgIpc) is 2.48. The van der Waals surface area contributed by atoms with Gasteiger partial charge in [0.15, 0.2) is 13.9 Å². The number of carbonyl (C=O) groups is 3. The zero-order valence-electron chi connectivity index (χ0n) is 19.0. The first-order valence-corrected chi connectivity index (χ1v) is 14.3. The summed E-state index contributed by atoms with van der Waals surface area (Å²) in [4.78, 5) is 36.6. The number of hydrogen-bond donors (Lipinski definition) is 0. The molecule has 0 heterocycles. The zero-order chi connectivity index (χ0) is 23.5. The van der Waals surface area contributed by atoms with E-state index in [-0.39, 0.29) is 19.8 Å². The smallest absolute Gasteiger partial charge is 0.318 e. The highest BCUT2D eigenvalue weighted by Crippen LogP contribution is 2.38. The summed E-state index contributed by atoms with van der Waals surface area (Å²) in [5.74, 6) is -1.66. The van der Waals surface area contributed by atoms with Crippen molar-refractivity contribution in [2.24, 2.45) is 0 Å². The number of halogens is 2. The quantitative estimate of drug-likeness (QED) is 0.228. The summed E-state index contributed by atoms with van der Waals surface area (Å²) in [6, 6.07) is 0. The molecule has 0 aromatic carbocycles. The fourth-order valence-corrected chi connectivity index (χ4v) is 4.91. The average molecular weight is 568 g/mol. The molecule has 0 saturated carbocycles. The Hall–Kier alpha value is -0.773. The third-order valence-electron chi connectivity index (χ3n) is 4.95. The van der Waals surface area contributed by atoms with Crippen LogP contribution in [0.3, 0.4) is 0 Å². The zero-order valence-corrected chi connectivity index (χ0v) is 23.2. The number of Topliss-reactive ketones (excluding diaryl/α,β-unsaturated/α-hetero) is 1. The summed E-state index contributed by atoms with van der Waals surface area (Å²) in [7, 11) is -2.01. The molecule has 170 valence electrons. The van der Waals surface area contributed by atoms with Crippen molar-refractivity contribution in [2.75, 3.05) is 6.61 Å². The van der Waals surface area contributed by atoms with Gasteiger partial charge in [0.05, 0.1) is 8.96 Å². The van der Waals surface area contributed by atoms with E-state index in [4.69, 9.17) is 13.9 Å². The predicted octanol–water partition coefficient (Wildman–Crippen LogP) is 5.55. The Morgan fingerprint density at radius 1 is 1.00 bits per heavy atom. The van der Waals surface area contributed by atoms with Gasteiger partial charge in [0, 0.05) is 13.0 Å². The fraction of sp³-hybridized carbons (Fsp3) is 0.667. The summed E-state index contributed by atoms with van der Waals surface area (Å²) in [6.45, 7) is 16.2. The molecule has 0 unspecified atom stereocenters. The van der Waals surface area contributed by atoms with E-state index in [2.05, 4.69) is 65.7 Å². The first-order valence-electron chi connectivity index (χ1n) is 9.76. The number of rotatable bonds is 7. The van der Waals surface area contributed by atoms with Crippen LogP contribution in [0.5, 0.6) is 0 Å². The lowest BCUT2D eigenvalue weighted by molar-refractivity contribution is -0.165. The van der Waals surface area contributed by atoms with Crippen molar-refractivity contribution in [3.63, 3.8) is 0 Å². The summed E-state index contributed by atoms with van der Waals surface area (Å²) < 4.78 is 17.6. The lowest BCUT2D eigenvalue weighted by Crippen LogP contribution is -2.43. The van der Waals surface area contributed by atoms with Crippen molar-refractivity contribution in [1.82, 2.24) is 0 Å². The maximum atomic E-state index is 12.5. The molecule has 0 aromatic rings. The van der Waals surface area contributed by atoms with E-state index in [1.54, 1.807) is 32.9 Å². The predicted molar refractivity (Wildman–Crippen MR) is 126 cm³/mol. The third kappa shape index (κ3) is 8.05. The molecule has 0 fully saturated rings. The lowest BCUT2D eigenvalue weighted by Gasteiger charge is -2.38. The van der Waals surface area contributed by atoms with Crippen LogP contribution in [0.2, 0.25) is 18.1 Å². The molecule has 1 aliphatic carbocycles. The highest BCUT2D eigenvalue weighted by Gasteiger charge is 2.40. The molecule has 0 spiro atoms. The molecule has 0 aromatic heterocycles. The second-order valence-electron chi connectivity index (χ2n) is 9.86. The van der Waals surface area contributed by atoms with Gasteiger partial charge in [-0.1, -0.05) is 20.8 Å². The molecule has 0 amide bonds. The van der Waals surface area contributed by atoms with Crippen LogP contribution < -0.4 is 0 Å². The second-order valence-corrected chi connectivity index (χ2v) is 16.4. The van der Waals surface area contributed by atoms with Gasteiger partial charge >= 0.3 is 11.9 Å². The molecular formula is C21H32Br2O6Si. The van der Waals surface area contributed by atoms with Crippen LogP contribution in [-0.2, 0) is 28.3 Å². The van der Waals surface area contributed by atoms with Crippen LogP contribution >= 0.6 is 31.9 Å². The summed E-state index contributed by atoms with van der Waals surface area (Å²) in [5, 5.41) is 0.0307. The molecule has 0 atom stereocenters. The number of hydrogen-bond acceptors (Lipinski definition) is 6. The van der Waals surface area contributed by atoms with Gasteiger partial charge in [-0.05, 0) is 82.9 Å². The highest BCUT2D eigenvalue weighted by molar-refractivity contribution is 9.13. The van der Waals surface area contributed by atoms with E-state index >= 15 is 0 Å². The van der Waals surface area contributed by atoms with E-state index in [1.165, 1.54) is 0 Å².